The van der Waals surface area contributed by atoms with Gasteiger partial charge in [-0.05, 0) is 18.2 Å². The van der Waals surface area contributed by atoms with E-state index in [0.29, 0.717) is 11.4 Å². The molecule has 2 aromatic rings. The minimum absolute atomic E-state index is 0.452. The highest BCUT2D eigenvalue weighted by atomic mass is 15.3. The Kier molecular flexibility index (Phi) is 3.56. The summed E-state index contributed by atoms with van der Waals surface area (Å²) in [6, 6.07) is 9.55. The fourth-order valence-electron chi connectivity index (χ4n) is 2.53. The predicted molar refractivity (Wildman–Crippen MR) is 82.0 cm³/mol. The third-order valence-electron chi connectivity index (χ3n) is 3.62. The molecule has 106 valence electrons. The molecule has 21 heavy (non-hydrogen) atoms. The van der Waals surface area contributed by atoms with Gasteiger partial charge in [0, 0.05) is 32.4 Å². The summed E-state index contributed by atoms with van der Waals surface area (Å²) in [5.74, 6) is 0.858. The van der Waals surface area contributed by atoms with Gasteiger partial charge in [-0.2, -0.15) is 5.26 Å². The van der Waals surface area contributed by atoms with Gasteiger partial charge < -0.3 is 15.5 Å². The summed E-state index contributed by atoms with van der Waals surface area (Å²) in [6.07, 6.45) is 3.44. The van der Waals surface area contributed by atoms with Gasteiger partial charge in [0.05, 0.1) is 17.6 Å². The fourth-order valence-corrected chi connectivity index (χ4v) is 2.53. The van der Waals surface area contributed by atoms with Gasteiger partial charge in [-0.15, -0.1) is 0 Å². The van der Waals surface area contributed by atoms with Crippen LogP contribution < -0.4 is 15.5 Å². The van der Waals surface area contributed by atoms with E-state index in [4.69, 9.17) is 11.0 Å². The number of hydrogen-bond donors (Lipinski definition) is 1. The molecule has 0 aromatic carbocycles. The third kappa shape index (κ3) is 2.72. The van der Waals surface area contributed by atoms with Crippen molar-refractivity contribution >= 4 is 17.2 Å². The van der Waals surface area contributed by atoms with E-state index in [0.717, 1.165) is 37.7 Å². The molecule has 0 bridgehead atoms. The number of hydrogen-bond acceptors (Lipinski definition) is 6. The van der Waals surface area contributed by atoms with Crippen molar-refractivity contribution in [2.45, 2.75) is 0 Å². The van der Waals surface area contributed by atoms with E-state index in [1.54, 1.807) is 18.5 Å². The lowest BCUT2D eigenvalue weighted by Crippen LogP contribution is -2.47. The molecule has 1 fully saturated rings. The monoisotopic (exact) mass is 280 g/mol. The molecule has 0 radical (unpaired) electrons. The van der Waals surface area contributed by atoms with Gasteiger partial charge in [0.15, 0.2) is 0 Å². The molecule has 0 atom stereocenters. The van der Waals surface area contributed by atoms with E-state index in [2.05, 4.69) is 25.8 Å². The molecule has 3 rings (SSSR count). The van der Waals surface area contributed by atoms with Crippen LogP contribution in [0.25, 0.3) is 0 Å². The quantitative estimate of drug-likeness (QED) is 0.891. The third-order valence-corrected chi connectivity index (χ3v) is 3.62. The average molecular weight is 280 g/mol. The molecule has 0 unspecified atom stereocenters. The van der Waals surface area contributed by atoms with Crippen molar-refractivity contribution in [1.82, 2.24) is 9.97 Å². The number of nitrogen functional groups attached to an aromatic ring is 1. The second kappa shape index (κ2) is 5.67. The number of nitrogens with zero attached hydrogens (tertiary/aromatic N) is 5. The summed E-state index contributed by atoms with van der Waals surface area (Å²) in [6.45, 7) is 3.44. The van der Waals surface area contributed by atoms with Crippen LogP contribution in [0.4, 0.5) is 17.2 Å². The minimum Gasteiger partial charge on any atom is -0.396 e. The Labute approximate surface area is 123 Å². The zero-order chi connectivity index (χ0) is 14.7. The molecular formula is C15H16N6. The second-order valence-electron chi connectivity index (χ2n) is 4.90. The van der Waals surface area contributed by atoms with Crippen LogP contribution in [0.15, 0.2) is 36.7 Å². The van der Waals surface area contributed by atoms with Gasteiger partial charge in [0.2, 0.25) is 0 Å². The van der Waals surface area contributed by atoms with Gasteiger partial charge in [-0.25, -0.2) is 4.98 Å². The first kappa shape index (κ1) is 13.2. The van der Waals surface area contributed by atoms with Crippen molar-refractivity contribution in [2.24, 2.45) is 0 Å². The molecule has 3 heterocycles. The van der Waals surface area contributed by atoms with E-state index in [1.807, 2.05) is 18.2 Å². The number of aromatic nitrogens is 2. The van der Waals surface area contributed by atoms with Gasteiger partial charge in [-0.3, -0.25) is 4.98 Å². The molecule has 0 amide bonds. The Morgan fingerprint density at radius 1 is 1.10 bits per heavy atom. The number of nitriles is 1. The summed E-state index contributed by atoms with van der Waals surface area (Å²) in [7, 11) is 0. The maximum atomic E-state index is 8.92. The molecular weight excluding hydrogens is 264 g/mol. The highest BCUT2D eigenvalue weighted by Crippen LogP contribution is 2.23. The number of piperazine rings is 1. The number of nitrogens with two attached hydrogens (primary N) is 1. The summed E-state index contributed by atoms with van der Waals surface area (Å²) < 4.78 is 0. The maximum absolute atomic E-state index is 8.92. The van der Waals surface area contributed by atoms with E-state index in [-0.39, 0.29) is 0 Å². The van der Waals surface area contributed by atoms with Crippen LogP contribution in [-0.2, 0) is 0 Å². The second-order valence-corrected chi connectivity index (χ2v) is 4.90. The topological polar surface area (TPSA) is 82.1 Å². The maximum Gasteiger partial charge on any atom is 0.142 e. The molecule has 0 aliphatic carbocycles. The van der Waals surface area contributed by atoms with Crippen LogP contribution in [0.1, 0.15) is 5.69 Å². The zero-order valence-corrected chi connectivity index (χ0v) is 11.6. The highest BCUT2D eigenvalue weighted by Gasteiger charge is 2.19. The van der Waals surface area contributed by atoms with Gasteiger partial charge >= 0.3 is 0 Å². The van der Waals surface area contributed by atoms with Crippen molar-refractivity contribution < 1.29 is 0 Å². The molecule has 2 N–H and O–H groups in total. The normalized spacial score (nSPS) is 14.8. The Hall–Kier alpha value is -2.81. The van der Waals surface area contributed by atoms with Gasteiger partial charge in [0.25, 0.3) is 0 Å². The van der Waals surface area contributed by atoms with E-state index >= 15 is 0 Å². The van der Waals surface area contributed by atoms with Crippen molar-refractivity contribution in [3.05, 3.63) is 42.4 Å². The van der Waals surface area contributed by atoms with E-state index < -0.39 is 0 Å². The molecule has 2 aromatic heterocycles. The van der Waals surface area contributed by atoms with Gasteiger partial charge in [-0.1, -0.05) is 6.07 Å². The van der Waals surface area contributed by atoms with Crippen LogP contribution in [0.5, 0.6) is 0 Å². The van der Waals surface area contributed by atoms with Crippen LogP contribution in [-0.4, -0.2) is 36.1 Å². The summed E-state index contributed by atoms with van der Waals surface area (Å²) in [4.78, 5) is 12.8. The van der Waals surface area contributed by atoms with E-state index in [9.17, 15) is 0 Å². The lowest BCUT2D eigenvalue weighted by molar-refractivity contribution is 0.647. The van der Waals surface area contributed by atoms with Crippen LogP contribution in [0, 0.1) is 11.3 Å². The largest absolute Gasteiger partial charge is 0.396 e. The van der Waals surface area contributed by atoms with Crippen molar-refractivity contribution in [3.8, 4) is 6.07 Å². The highest BCUT2D eigenvalue weighted by molar-refractivity contribution is 5.66. The summed E-state index contributed by atoms with van der Waals surface area (Å²) in [5, 5.41) is 8.92. The number of pyridine rings is 2. The lowest BCUT2D eigenvalue weighted by atomic mass is 10.2. The van der Waals surface area contributed by atoms with Crippen LogP contribution in [0.2, 0.25) is 0 Å². The number of rotatable bonds is 2. The van der Waals surface area contributed by atoms with Gasteiger partial charge in [0.1, 0.15) is 17.6 Å². The molecule has 6 nitrogen and oxygen atoms in total. The smallest absolute Gasteiger partial charge is 0.142 e. The zero-order valence-electron chi connectivity index (χ0n) is 11.6. The summed E-state index contributed by atoms with van der Waals surface area (Å²) >= 11 is 0. The fraction of sp³-hybridized carbons (Fsp3) is 0.267. The van der Waals surface area contributed by atoms with Crippen molar-refractivity contribution in [3.63, 3.8) is 0 Å². The lowest BCUT2D eigenvalue weighted by Gasteiger charge is -2.37. The average Bonchev–Trinajstić information content (AvgIpc) is 2.56. The summed E-state index contributed by atoms with van der Waals surface area (Å²) in [5.41, 5.74) is 8.16. The first-order chi connectivity index (χ1) is 10.3. The Balaban J connectivity index is 1.71. The van der Waals surface area contributed by atoms with Crippen molar-refractivity contribution in [2.75, 3.05) is 41.7 Å². The standard InChI is InChI=1S/C15H16N6/c16-10-12-2-1-3-15(19-12)21-8-6-20(7-9-21)14-4-5-18-11-13(14)17/h1-5,11H,6-9,17H2. The predicted octanol–water partition coefficient (Wildman–Crippen LogP) is 1.26. The Morgan fingerprint density at radius 3 is 2.57 bits per heavy atom. The van der Waals surface area contributed by atoms with Crippen molar-refractivity contribution in [1.29, 1.82) is 5.26 Å². The minimum atomic E-state index is 0.452. The Bertz CT molecular complexity index is 670. The molecule has 1 saturated heterocycles. The molecule has 6 heteroatoms. The Morgan fingerprint density at radius 2 is 1.86 bits per heavy atom. The first-order valence-electron chi connectivity index (χ1n) is 6.84. The molecule has 1 aliphatic rings. The molecule has 0 saturated carbocycles. The SMILES string of the molecule is N#Cc1cccc(N2CCN(c3ccncc3N)CC2)n1. The first-order valence-corrected chi connectivity index (χ1v) is 6.84. The van der Waals surface area contributed by atoms with Crippen LogP contribution in [0.3, 0.4) is 0 Å². The van der Waals surface area contributed by atoms with E-state index in [1.165, 1.54) is 0 Å². The van der Waals surface area contributed by atoms with Crippen LogP contribution >= 0.6 is 0 Å². The number of anilines is 3. The molecule has 0 spiro atoms. The molecule has 1 aliphatic heterocycles.